The molecule has 1 heterocycles. The van der Waals surface area contributed by atoms with E-state index in [9.17, 15) is 0 Å². The van der Waals surface area contributed by atoms with Crippen LogP contribution in [0.1, 0.15) is 24.5 Å². The maximum absolute atomic E-state index is 3.86. The second kappa shape index (κ2) is 8.17. The summed E-state index contributed by atoms with van der Waals surface area (Å²) < 4.78 is 0. The van der Waals surface area contributed by atoms with E-state index in [0.717, 1.165) is 19.6 Å². The molecule has 1 fully saturated rings. The second-order valence-corrected chi connectivity index (χ2v) is 6.85. The van der Waals surface area contributed by atoms with Crippen molar-refractivity contribution in [2.45, 2.75) is 32.9 Å². The number of likely N-dealkylation sites (tertiary alicyclic amines) is 1. The van der Waals surface area contributed by atoms with Gasteiger partial charge in [-0.05, 0) is 37.1 Å². The molecule has 0 radical (unpaired) electrons. The summed E-state index contributed by atoms with van der Waals surface area (Å²) in [6, 6.07) is 15.8. The van der Waals surface area contributed by atoms with Crippen molar-refractivity contribution in [2.75, 3.05) is 18.4 Å². The van der Waals surface area contributed by atoms with Crippen LogP contribution in [0.15, 0.2) is 55.1 Å². The van der Waals surface area contributed by atoms with Gasteiger partial charge in [-0.25, -0.2) is 0 Å². The van der Waals surface area contributed by atoms with Gasteiger partial charge in [-0.2, -0.15) is 0 Å². The Bertz CT molecular complexity index is 833. The largest absolute Gasteiger partial charge is 0.380 e. The Balaban J connectivity index is 1.69. The number of hydrogen-bond acceptors (Lipinski definition) is 2. The highest BCUT2D eigenvalue weighted by atomic mass is 15.2. The molecule has 0 bridgehead atoms. The minimum absolute atomic E-state index is 0.495. The second-order valence-electron chi connectivity index (χ2n) is 6.85. The highest BCUT2D eigenvalue weighted by molar-refractivity contribution is 5.54. The van der Waals surface area contributed by atoms with Crippen LogP contribution in [-0.4, -0.2) is 24.0 Å². The monoisotopic (exact) mass is 332 g/mol. The highest BCUT2D eigenvalue weighted by Crippen LogP contribution is 2.16. The third-order valence-electron chi connectivity index (χ3n) is 4.89. The third-order valence-corrected chi connectivity index (χ3v) is 4.89. The van der Waals surface area contributed by atoms with Crippen LogP contribution in [0.5, 0.6) is 0 Å². The van der Waals surface area contributed by atoms with Gasteiger partial charge >= 0.3 is 0 Å². The lowest BCUT2D eigenvalue weighted by Crippen LogP contribution is -2.32. The fourth-order valence-corrected chi connectivity index (χ4v) is 3.53. The molecular weight excluding hydrogens is 304 g/mol. The van der Waals surface area contributed by atoms with Crippen molar-refractivity contribution in [1.29, 1.82) is 0 Å². The van der Waals surface area contributed by atoms with Crippen LogP contribution in [0, 0.1) is 6.92 Å². The molecule has 2 aromatic rings. The Morgan fingerprint density at radius 2 is 2.00 bits per heavy atom. The van der Waals surface area contributed by atoms with E-state index in [0.29, 0.717) is 6.04 Å². The van der Waals surface area contributed by atoms with E-state index in [4.69, 9.17) is 0 Å². The number of rotatable bonds is 5. The van der Waals surface area contributed by atoms with Gasteiger partial charge in [0.25, 0.3) is 0 Å². The van der Waals surface area contributed by atoms with Gasteiger partial charge in [0.2, 0.25) is 0 Å². The molecule has 1 N–H and O–H groups in total. The number of aryl methyl sites for hydroxylation is 1. The quantitative estimate of drug-likeness (QED) is 0.902. The van der Waals surface area contributed by atoms with E-state index in [1.807, 2.05) is 6.08 Å². The van der Waals surface area contributed by atoms with Crippen molar-refractivity contribution in [3.8, 4) is 0 Å². The smallest absolute Gasteiger partial charge is 0.0422 e. The number of anilines is 1. The summed E-state index contributed by atoms with van der Waals surface area (Å²) in [6.07, 6.45) is 7.29. The first-order chi connectivity index (χ1) is 12.2. The number of benzene rings is 2. The summed E-state index contributed by atoms with van der Waals surface area (Å²) >= 11 is 0. The van der Waals surface area contributed by atoms with Gasteiger partial charge in [0.15, 0.2) is 0 Å². The SMILES string of the molecule is C=C/C=c1/c(NC2CCN(Cc3ccc(C)cc3)C2)ccc/c1=C/C. The number of allylic oxidation sites excluding steroid dienone is 1. The fourth-order valence-electron chi connectivity index (χ4n) is 3.53. The summed E-state index contributed by atoms with van der Waals surface area (Å²) in [5, 5.41) is 6.24. The van der Waals surface area contributed by atoms with Gasteiger partial charge in [0.1, 0.15) is 0 Å². The normalized spacial score (nSPS) is 19.4. The van der Waals surface area contributed by atoms with Gasteiger partial charge in [0, 0.05) is 36.6 Å². The van der Waals surface area contributed by atoms with E-state index in [1.54, 1.807) is 0 Å². The van der Waals surface area contributed by atoms with Crippen molar-refractivity contribution < 1.29 is 0 Å². The molecule has 2 heteroatoms. The number of nitrogens with zero attached hydrogens (tertiary/aromatic N) is 1. The lowest BCUT2D eigenvalue weighted by atomic mass is 10.1. The molecule has 3 rings (SSSR count). The predicted molar refractivity (Wildman–Crippen MR) is 109 cm³/mol. The Hall–Kier alpha value is -2.32. The predicted octanol–water partition coefficient (Wildman–Crippen LogP) is 3.45. The Morgan fingerprint density at radius 3 is 2.72 bits per heavy atom. The van der Waals surface area contributed by atoms with Crippen molar-refractivity contribution in [1.82, 2.24) is 4.90 Å². The van der Waals surface area contributed by atoms with Crippen molar-refractivity contribution in [2.24, 2.45) is 0 Å². The summed E-state index contributed by atoms with van der Waals surface area (Å²) in [4.78, 5) is 2.54. The molecule has 0 saturated carbocycles. The Morgan fingerprint density at radius 1 is 1.20 bits per heavy atom. The zero-order chi connectivity index (χ0) is 17.6. The molecule has 1 aliphatic heterocycles. The van der Waals surface area contributed by atoms with Crippen molar-refractivity contribution in [3.05, 3.63) is 76.7 Å². The third kappa shape index (κ3) is 4.40. The summed E-state index contributed by atoms with van der Waals surface area (Å²) in [5.41, 5.74) is 3.93. The molecule has 2 aromatic carbocycles. The van der Waals surface area contributed by atoms with E-state index >= 15 is 0 Å². The summed E-state index contributed by atoms with van der Waals surface area (Å²) in [6.45, 7) is 11.3. The van der Waals surface area contributed by atoms with Gasteiger partial charge in [-0.1, -0.05) is 66.8 Å². The van der Waals surface area contributed by atoms with Gasteiger partial charge in [0.05, 0.1) is 0 Å². The topological polar surface area (TPSA) is 15.3 Å². The molecule has 0 spiro atoms. The van der Waals surface area contributed by atoms with Gasteiger partial charge in [-0.15, -0.1) is 0 Å². The highest BCUT2D eigenvalue weighted by Gasteiger charge is 2.22. The van der Waals surface area contributed by atoms with E-state index in [-0.39, 0.29) is 0 Å². The minimum Gasteiger partial charge on any atom is -0.380 e. The summed E-state index contributed by atoms with van der Waals surface area (Å²) in [5.74, 6) is 0. The van der Waals surface area contributed by atoms with Crippen LogP contribution in [0.4, 0.5) is 5.69 Å². The number of nitrogens with one attached hydrogen (secondary N) is 1. The Kier molecular flexibility index (Phi) is 5.72. The average molecular weight is 332 g/mol. The lowest BCUT2D eigenvalue weighted by molar-refractivity contribution is 0.328. The molecule has 0 aromatic heterocycles. The molecule has 1 saturated heterocycles. The van der Waals surface area contributed by atoms with Crippen LogP contribution < -0.4 is 15.8 Å². The van der Waals surface area contributed by atoms with Crippen molar-refractivity contribution in [3.63, 3.8) is 0 Å². The van der Waals surface area contributed by atoms with Gasteiger partial charge < -0.3 is 5.32 Å². The van der Waals surface area contributed by atoms with Crippen LogP contribution in [0.25, 0.3) is 12.2 Å². The molecule has 1 unspecified atom stereocenters. The number of hydrogen-bond donors (Lipinski definition) is 1. The zero-order valence-electron chi connectivity index (χ0n) is 15.3. The van der Waals surface area contributed by atoms with E-state index < -0.39 is 0 Å². The standard InChI is InChI=1S/C23H28N2/c1-4-7-22-20(5-2)8-6-9-23(22)24-21-14-15-25(17-21)16-19-12-10-18(3)11-13-19/h4-13,21,24H,1,14-17H2,2-3H3/b20-5-,22-7+. The van der Waals surface area contributed by atoms with Crippen LogP contribution >= 0.6 is 0 Å². The molecule has 2 nitrogen and oxygen atoms in total. The first-order valence-electron chi connectivity index (χ1n) is 9.12. The maximum Gasteiger partial charge on any atom is 0.0422 e. The molecule has 1 atom stereocenters. The van der Waals surface area contributed by atoms with E-state index in [1.165, 1.54) is 33.7 Å². The first-order valence-corrected chi connectivity index (χ1v) is 9.12. The van der Waals surface area contributed by atoms with Crippen LogP contribution in [0.2, 0.25) is 0 Å². The molecule has 0 aliphatic carbocycles. The Labute approximate surface area is 151 Å². The summed E-state index contributed by atoms with van der Waals surface area (Å²) in [7, 11) is 0. The average Bonchev–Trinajstić information content (AvgIpc) is 3.05. The first kappa shape index (κ1) is 17.5. The maximum atomic E-state index is 3.86. The van der Waals surface area contributed by atoms with Gasteiger partial charge in [-0.3, -0.25) is 4.90 Å². The molecule has 0 amide bonds. The lowest BCUT2D eigenvalue weighted by Gasteiger charge is -2.18. The minimum atomic E-state index is 0.495. The van der Waals surface area contributed by atoms with Crippen LogP contribution in [0.3, 0.4) is 0 Å². The van der Waals surface area contributed by atoms with Crippen molar-refractivity contribution >= 4 is 17.8 Å². The fraction of sp³-hybridized carbons (Fsp3) is 0.304. The zero-order valence-corrected chi connectivity index (χ0v) is 15.3. The van der Waals surface area contributed by atoms with E-state index in [2.05, 4.69) is 85.3 Å². The molecular formula is C23H28N2. The van der Waals surface area contributed by atoms with Crippen LogP contribution in [-0.2, 0) is 6.54 Å². The molecule has 1 aliphatic rings. The molecule has 25 heavy (non-hydrogen) atoms. The molecule has 130 valence electrons.